The fourth-order valence-electron chi connectivity index (χ4n) is 1.69. The van der Waals surface area contributed by atoms with E-state index in [1.807, 2.05) is 13.8 Å². The van der Waals surface area contributed by atoms with Crippen molar-refractivity contribution in [2.24, 2.45) is 0 Å². The van der Waals surface area contributed by atoms with Gasteiger partial charge in [0, 0.05) is 5.39 Å². The Labute approximate surface area is 104 Å². The van der Waals surface area contributed by atoms with Crippen molar-refractivity contribution in [3.63, 3.8) is 0 Å². The molecule has 0 bridgehead atoms. The molecule has 0 unspecified atom stereocenters. The molecular formula is C13H14N2O3. The average molecular weight is 246 g/mol. The van der Waals surface area contributed by atoms with Crippen molar-refractivity contribution in [3.05, 3.63) is 29.8 Å². The van der Waals surface area contributed by atoms with Gasteiger partial charge in [0.2, 0.25) is 0 Å². The van der Waals surface area contributed by atoms with E-state index in [0.717, 1.165) is 0 Å². The minimum absolute atomic E-state index is 0.00389. The van der Waals surface area contributed by atoms with Gasteiger partial charge in [0.15, 0.2) is 0 Å². The van der Waals surface area contributed by atoms with Gasteiger partial charge < -0.3 is 15.6 Å². The third-order valence-electron chi connectivity index (χ3n) is 2.42. The normalized spacial score (nSPS) is 10.8. The fraction of sp³-hybridized carbons (Fsp3) is 0.231. The van der Waals surface area contributed by atoms with E-state index in [2.05, 4.69) is 4.98 Å². The molecule has 0 spiro atoms. The molecule has 0 aliphatic carbocycles. The summed E-state index contributed by atoms with van der Waals surface area (Å²) in [4.78, 5) is 15.0. The van der Waals surface area contributed by atoms with E-state index in [1.165, 1.54) is 6.07 Å². The third kappa shape index (κ3) is 2.34. The summed E-state index contributed by atoms with van der Waals surface area (Å²) in [7, 11) is 0. The molecule has 0 fully saturated rings. The zero-order valence-electron chi connectivity index (χ0n) is 10.2. The molecule has 3 N–H and O–H groups in total. The maximum Gasteiger partial charge on any atom is 0.339 e. The van der Waals surface area contributed by atoms with Crippen LogP contribution in [0.1, 0.15) is 24.2 Å². The van der Waals surface area contributed by atoms with E-state index in [4.69, 9.17) is 15.6 Å². The number of nitrogens with zero attached hydrogens (tertiary/aromatic N) is 1. The summed E-state index contributed by atoms with van der Waals surface area (Å²) in [5.41, 5.74) is 6.23. The average Bonchev–Trinajstić information content (AvgIpc) is 2.27. The van der Waals surface area contributed by atoms with Crippen LogP contribution in [0.15, 0.2) is 24.3 Å². The number of hydrogen-bond donors (Lipinski definition) is 2. The summed E-state index contributed by atoms with van der Waals surface area (Å²) in [6.07, 6.45) is 0.0585. The Balaban J connectivity index is 2.54. The lowest BCUT2D eigenvalue weighted by atomic mass is 10.1. The quantitative estimate of drug-likeness (QED) is 0.867. The maximum atomic E-state index is 11.0. The zero-order valence-corrected chi connectivity index (χ0v) is 10.2. The molecule has 0 amide bonds. The Bertz CT molecular complexity index is 608. The zero-order chi connectivity index (χ0) is 13.3. The molecule has 0 aliphatic rings. The molecule has 94 valence electrons. The van der Waals surface area contributed by atoms with E-state index >= 15 is 0 Å². The fourth-order valence-corrected chi connectivity index (χ4v) is 1.69. The molecule has 0 saturated carbocycles. The maximum absolute atomic E-state index is 11.0. The Morgan fingerprint density at radius 2 is 2.11 bits per heavy atom. The van der Waals surface area contributed by atoms with Gasteiger partial charge >= 0.3 is 5.97 Å². The van der Waals surface area contributed by atoms with E-state index in [9.17, 15) is 4.79 Å². The van der Waals surface area contributed by atoms with Crippen LogP contribution < -0.4 is 10.5 Å². The number of aromatic nitrogens is 1. The first kappa shape index (κ1) is 12.2. The molecule has 1 aromatic heterocycles. The van der Waals surface area contributed by atoms with E-state index in [0.29, 0.717) is 16.7 Å². The second kappa shape index (κ2) is 4.52. The van der Waals surface area contributed by atoms with Crippen molar-refractivity contribution >= 4 is 22.7 Å². The highest BCUT2D eigenvalue weighted by molar-refractivity contribution is 5.97. The van der Waals surface area contributed by atoms with Crippen LogP contribution in [0.4, 0.5) is 5.82 Å². The van der Waals surface area contributed by atoms with Gasteiger partial charge in [0.05, 0.1) is 11.6 Å². The number of carbonyl (C=O) groups is 1. The molecule has 5 nitrogen and oxygen atoms in total. The highest BCUT2D eigenvalue weighted by Crippen LogP contribution is 2.23. The largest absolute Gasteiger partial charge is 0.491 e. The number of ether oxygens (including phenoxy) is 1. The van der Waals surface area contributed by atoms with Gasteiger partial charge in [-0.1, -0.05) is 0 Å². The highest BCUT2D eigenvalue weighted by Gasteiger charge is 2.11. The van der Waals surface area contributed by atoms with Gasteiger partial charge in [-0.3, -0.25) is 0 Å². The van der Waals surface area contributed by atoms with E-state index in [1.54, 1.807) is 18.2 Å². The first-order valence-corrected chi connectivity index (χ1v) is 5.57. The summed E-state index contributed by atoms with van der Waals surface area (Å²) in [6.45, 7) is 3.85. The Morgan fingerprint density at radius 1 is 1.39 bits per heavy atom. The first-order chi connectivity index (χ1) is 8.47. The number of carboxylic acid groups (broad SMARTS) is 1. The standard InChI is InChI=1S/C13H14N2O3/c1-7(2)18-9-3-4-11-8(5-9)6-10(13(16)17)12(14)15-11/h3-7H,1-2H3,(H2,14,15)(H,16,17). The highest BCUT2D eigenvalue weighted by atomic mass is 16.5. The van der Waals surface area contributed by atoms with Gasteiger partial charge in [0.1, 0.15) is 17.1 Å². The van der Waals surface area contributed by atoms with Crippen LogP contribution in [-0.2, 0) is 0 Å². The van der Waals surface area contributed by atoms with Crippen LogP contribution in [0, 0.1) is 0 Å². The lowest BCUT2D eigenvalue weighted by Gasteiger charge is -2.10. The third-order valence-corrected chi connectivity index (χ3v) is 2.42. The summed E-state index contributed by atoms with van der Waals surface area (Å²) < 4.78 is 5.55. The molecule has 0 saturated heterocycles. The lowest BCUT2D eigenvalue weighted by molar-refractivity contribution is 0.0698. The number of carboxylic acids is 1. The second-order valence-electron chi connectivity index (χ2n) is 4.25. The summed E-state index contributed by atoms with van der Waals surface area (Å²) in [5, 5.41) is 9.68. The van der Waals surface area contributed by atoms with Crippen molar-refractivity contribution in [1.29, 1.82) is 0 Å². The smallest absolute Gasteiger partial charge is 0.339 e. The molecule has 0 atom stereocenters. The number of pyridine rings is 1. The summed E-state index contributed by atoms with van der Waals surface area (Å²) in [5.74, 6) is -0.384. The van der Waals surface area contributed by atoms with Gasteiger partial charge in [-0.25, -0.2) is 9.78 Å². The summed E-state index contributed by atoms with van der Waals surface area (Å²) >= 11 is 0. The topological polar surface area (TPSA) is 85.4 Å². The number of rotatable bonds is 3. The molecule has 0 aliphatic heterocycles. The van der Waals surface area contributed by atoms with Crippen LogP contribution in [0.3, 0.4) is 0 Å². The molecule has 2 aromatic rings. The molecular weight excluding hydrogens is 232 g/mol. The van der Waals surface area contributed by atoms with Crippen LogP contribution in [0.25, 0.3) is 10.9 Å². The second-order valence-corrected chi connectivity index (χ2v) is 4.25. The molecule has 1 heterocycles. The van der Waals surface area contributed by atoms with Gasteiger partial charge in [0.25, 0.3) is 0 Å². The SMILES string of the molecule is CC(C)Oc1ccc2nc(N)c(C(=O)O)cc2c1. The minimum Gasteiger partial charge on any atom is -0.491 e. The number of aromatic carboxylic acids is 1. The Morgan fingerprint density at radius 3 is 2.72 bits per heavy atom. The van der Waals surface area contributed by atoms with Crippen molar-refractivity contribution in [2.45, 2.75) is 20.0 Å². The van der Waals surface area contributed by atoms with Gasteiger partial charge in [-0.2, -0.15) is 0 Å². The van der Waals surface area contributed by atoms with Gasteiger partial charge in [-0.05, 0) is 38.1 Å². The van der Waals surface area contributed by atoms with Gasteiger partial charge in [-0.15, -0.1) is 0 Å². The summed E-state index contributed by atoms with van der Waals surface area (Å²) in [6, 6.07) is 6.81. The van der Waals surface area contributed by atoms with Crippen LogP contribution in [0.5, 0.6) is 5.75 Å². The number of nitrogen functional groups attached to an aromatic ring is 1. The Hall–Kier alpha value is -2.30. The van der Waals surface area contributed by atoms with Crippen molar-refractivity contribution < 1.29 is 14.6 Å². The molecule has 0 radical (unpaired) electrons. The van der Waals surface area contributed by atoms with E-state index < -0.39 is 5.97 Å². The molecule has 2 rings (SSSR count). The van der Waals surface area contributed by atoms with Crippen LogP contribution >= 0.6 is 0 Å². The van der Waals surface area contributed by atoms with Crippen molar-refractivity contribution in [2.75, 3.05) is 5.73 Å². The van der Waals surface area contributed by atoms with Crippen molar-refractivity contribution in [3.8, 4) is 5.75 Å². The lowest BCUT2D eigenvalue weighted by Crippen LogP contribution is -2.06. The number of nitrogens with two attached hydrogens (primary N) is 1. The predicted octanol–water partition coefficient (Wildman–Crippen LogP) is 2.30. The number of fused-ring (bicyclic) bond motifs is 1. The number of benzene rings is 1. The molecule has 18 heavy (non-hydrogen) atoms. The number of anilines is 1. The first-order valence-electron chi connectivity index (χ1n) is 5.57. The van der Waals surface area contributed by atoms with Crippen molar-refractivity contribution in [1.82, 2.24) is 4.98 Å². The van der Waals surface area contributed by atoms with Crippen LogP contribution in [-0.4, -0.2) is 22.2 Å². The molecule has 5 heteroatoms. The molecule has 1 aromatic carbocycles. The minimum atomic E-state index is -1.09. The predicted molar refractivity (Wildman–Crippen MR) is 68.9 cm³/mol. The van der Waals surface area contributed by atoms with E-state index in [-0.39, 0.29) is 17.5 Å². The van der Waals surface area contributed by atoms with Crippen LogP contribution in [0.2, 0.25) is 0 Å². The monoisotopic (exact) mass is 246 g/mol. The Kier molecular flexibility index (Phi) is 3.06. The number of hydrogen-bond acceptors (Lipinski definition) is 4.